The van der Waals surface area contributed by atoms with Gasteiger partial charge in [-0.05, 0) is 12.8 Å². The Morgan fingerprint density at radius 1 is 1.33 bits per heavy atom. The highest BCUT2D eigenvalue weighted by atomic mass is 16.5. The van der Waals surface area contributed by atoms with Crippen LogP contribution in [0.4, 0.5) is 0 Å². The summed E-state index contributed by atoms with van der Waals surface area (Å²) in [6.07, 6.45) is 5.43. The summed E-state index contributed by atoms with van der Waals surface area (Å²) in [5, 5.41) is 11.8. The molecule has 4 heteroatoms. The quantitative estimate of drug-likeness (QED) is 0.735. The summed E-state index contributed by atoms with van der Waals surface area (Å²) in [4.78, 5) is 11.8. The maximum Gasteiger partial charge on any atom is 0.224 e. The fourth-order valence-corrected chi connectivity index (χ4v) is 2.17. The molecule has 0 aromatic rings. The molecule has 0 aromatic carbocycles. The summed E-state index contributed by atoms with van der Waals surface area (Å²) >= 11 is 0. The molecule has 15 heavy (non-hydrogen) atoms. The predicted molar refractivity (Wildman–Crippen MR) is 53.9 cm³/mol. The minimum absolute atomic E-state index is 0.0413. The molecule has 82 valence electrons. The number of hydrogen-bond acceptors (Lipinski definition) is 3. The Morgan fingerprint density at radius 3 is 2.47 bits per heavy atom. The van der Waals surface area contributed by atoms with Crippen molar-refractivity contribution in [3.63, 3.8) is 0 Å². The van der Waals surface area contributed by atoms with Gasteiger partial charge in [-0.3, -0.25) is 4.79 Å². The van der Waals surface area contributed by atoms with Gasteiger partial charge in [-0.25, -0.2) is 0 Å². The van der Waals surface area contributed by atoms with Crippen LogP contribution < -0.4 is 5.32 Å². The number of amides is 1. The SMILES string of the molecule is N#CC1(NC(=O)C2CCCCC2)COC1. The number of ether oxygens (including phenoxy) is 1. The molecule has 2 aliphatic rings. The van der Waals surface area contributed by atoms with Crippen LogP contribution in [0.2, 0.25) is 0 Å². The highest BCUT2D eigenvalue weighted by Gasteiger charge is 2.41. The molecule has 2 fully saturated rings. The van der Waals surface area contributed by atoms with E-state index in [1.807, 2.05) is 0 Å². The Morgan fingerprint density at radius 2 is 2.00 bits per heavy atom. The first-order chi connectivity index (χ1) is 7.26. The molecule has 0 atom stereocenters. The average molecular weight is 208 g/mol. The normalized spacial score (nSPS) is 25.0. The molecule has 0 spiro atoms. The van der Waals surface area contributed by atoms with Gasteiger partial charge >= 0.3 is 0 Å². The highest BCUT2D eigenvalue weighted by Crippen LogP contribution is 2.25. The first-order valence-corrected chi connectivity index (χ1v) is 5.57. The first-order valence-electron chi connectivity index (χ1n) is 5.57. The molecule has 1 N–H and O–H groups in total. The lowest BCUT2D eigenvalue weighted by molar-refractivity contribution is -0.133. The average Bonchev–Trinajstić information content (AvgIpc) is 2.24. The molecule has 1 heterocycles. The van der Waals surface area contributed by atoms with Crippen LogP contribution in [0, 0.1) is 17.2 Å². The van der Waals surface area contributed by atoms with E-state index in [-0.39, 0.29) is 11.8 Å². The number of rotatable bonds is 2. The van der Waals surface area contributed by atoms with Crippen molar-refractivity contribution in [3.8, 4) is 6.07 Å². The van der Waals surface area contributed by atoms with Gasteiger partial charge in [-0.2, -0.15) is 5.26 Å². The largest absolute Gasteiger partial charge is 0.374 e. The standard InChI is InChI=1S/C11H16N2O2/c12-6-11(7-15-8-11)13-10(14)9-4-2-1-3-5-9/h9H,1-5,7-8H2,(H,13,14). The van der Waals surface area contributed by atoms with Gasteiger partial charge in [0.1, 0.15) is 0 Å². The van der Waals surface area contributed by atoms with Crippen LogP contribution in [0.1, 0.15) is 32.1 Å². The van der Waals surface area contributed by atoms with Gasteiger partial charge in [-0.15, -0.1) is 0 Å². The van der Waals surface area contributed by atoms with Crippen LogP contribution in [0.5, 0.6) is 0 Å². The van der Waals surface area contributed by atoms with Gasteiger partial charge in [0.05, 0.1) is 19.3 Å². The molecule has 0 aromatic heterocycles. The topological polar surface area (TPSA) is 62.1 Å². The van der Waals surface area contributed by atoms with Crippen molar-refractivity contribution in [2.75, 3.05) is 13.2 Å². The molecule has 1 aliphatic heterocycles. The van der Waals surface area contributed by atoms with Crippen LogP contribution in [-0.4, -0.2) is 24.7 Å². The van der Waals surface area contributed by atoms with E-state index in [1.54, 1.807) is 0 Å². The third-order valence-electron chi connectivity index (χ3n) is 3.25. The van der Waals surface area contributed by atoms with Crippen molar-refractivity contribution in [2.45, 2.75) is 37.6 Å². The summed E-state index contributed by atoms with van der Waals surface area (Å²) in [6, 6.07) is 2.13. The lowest BCUT2D eigenvalue weighted by atomic mass is 9.87. The Hall–Kier alpha value is -1.08. The minimum atomic E-state index is -0.728. The zero-order valence-electron chi connectivity index (χ0n) is 8.79. The van der Waals surface area contributed by atoms with Crippen molar-refractivity contribution in [2.24, 2.45) is 5.92 Å². The summed E-state index contributed by atoms with van der Waals surface area (Å²) in [5.41, 5.74) is -0.728. The van der Waals surface area contributed by atoms with Gasteiger partial charge in [-0.1, -0.05) is 19.3 Å². The maximum absolute atomic E-state index is 11.8. The van der Waals surface area contributed by atoms with Gasteiger partial charge < -0.3 is 10.1 Å². The Kier molecular flexibility index (Phi) is 2.92. The van der Waals surface area contributed by atoms with E-state index in [2.05, 4.69) is 11.4 Å². The van der Waals surface area contributed by atoms with Crippen molar-refractivity contribution < 1.29 is 9.53 Å². The lowest BCUT2D eigenvalue weighted by Crippen LogP contribution is -2.62. The predicted octanol–water partition coefficient (Wildman–Crippen LogP) is 0.975. The minimum Gasteiger partial charge on any atom is -0.374 e. The summed E-state index contributed by atoms with van der Waals surface area (Å²) in [7, 11) is 0. The summed E-state index contributed by atoms with van der Waals surface area (Å²) in [5.74, 6) is 0.157. The van der Waals surface area contributed by atoms with Crippen LogP contribution in [0.25, 0.3) is 0 Å². The molecule has 2 rings (SSSR count). The van der Waals surface area contributed by atoms with Gasteiger partial charge in [0, 0.05) is 5.92 Å². The summed E-state index contributed by atoms with van der Waals surface area (Å²) in [6.45, 7) is 0.671. The van der Waals surface area contributed by atoms with E-state index >= 15 is 0 Å². The fraction of sp³-hybridized carbons (Fsp3) is 0.818. The second kappa shape index (κ2) is 4.19. The van der Waals surface area contributed by atoms with E-state index in [0.29, 0.717) is 13.2 Å². The molecular formula is C11H16N2O2. The molecule has 1 saturated carbocycles. The van der Waals surface area contributed by atoms with E-state index in [9.17, 15) is 4.79 Å². The van der Waals surface area contributed by atoms with Crippen LogP contribution in [0.3, 0.4) is 0 Å². The number of carbonyl (C=O) groups is 1. The van der Waals surface area contributed by atoms with E-state index in [4.69, 9.17) is 10.00 Å². The molecule has 1 aliphatic carbocycles. The van der Waals surface area contributed by atoms with Gasteiger partial charge in [0.2, 0.25) is 5.91 Å². The molecule has 0 bridgehead atoms. The molecule has 0 radical (unpaired) electrons. The van der Waals surface area contributed by atoms with Crippen molar-refractivity contribution in [1.82, 2.24) is 5.32 Å². The number of carbonyl (C=O) groups excluding carboxylic acids is 1. The number of nitrogens with zero attached hydrogens (tertiary/aromatic N) is 1. The van der Waals surface area contributed by atoms with Crippen molar-refractivity contribution in [3.05, 3.63) is 0 Å². The maximum atomic E-state index is 11.8. The van der Waals surface area contributed by atoms with E-state index < -0.39 is 5.54 Å². The third-order valence-corrected chi connectivity index (χ3v) is 3.25. The Bertz CT molecular complexity index is 285. The fourth-order valence-electron chi connectivity index (χ4n) is 2.17. The zero-order chi connectivity index (χ0) is 10.7. The molecular weight excluding hydrogens is 192 g/mol. The molecule has 0 unspecified atom stereocenters. The zero-order valence-corrected chi connectivity index (χ0v) is 8.79. The lowest BCUT2D eigenvalue weighted by Gasteiger charge is -2.37. The smallest absolute Gasteiger partial charge is 0.224 e. The van der Waals surface area contributed by atoms with E-state index in [1.165, 1.54) is 6.42 Å². The Labute approximate surface area is 89.6 Å². The van der Waals surface area contributed by atoms with Crippen molar-refractivity contribution >= 4 is 5.91 Å². The first kappa shape index (κ1) is 10.4. The van der Waals surface area contributed by atoms with Crippen LogP contribution in [0.15, 0.2) is 0 Å². The highest BCUT2D eigenvalue weighted by molar-refractivity contribution is 5.80. The monoisotopic (exact) mass is 208 g/mol. The van der Waals surface area contributed by atoms with Crippen LogP contribution >= 0.6 is 0 Å². The van der Waals surface area contributed by atoms with E-state index in [0.717, 1.165) is 25.7 Å². The second-order valence-electron chi connectivity index (χ2n) is 4.51. The van der Waals surface area contributed by atoms with Gasteiger partial charge in [0.15, 0.2) is 5.54 Å². The molecule has 4 nitrogen and oxygen atoms in total. The Balaban J connectivity index is 1.88. The van der Waals surface area contributed by atoms with Crippen molar-refractivity contribution in [1.29, 1.82) is 5.26 Å². The summed E-state index contributed by atoms with van der Waals surface area (Å²) < 4.78 is 4.98. The molecule has 1 saturated heterocycles. The van der Waals surface area contributed by atoms with Gasteiger partial charge in [0.25, 0.3) is 0 Å². The number of hydrogen-bond donors (Lipinski definition) is 1. The number of nitrogens with one attached hydrogen (secondary N) is 1. The second-order valence-corrected chi connectivity index (χ2v) is 4.51. The third kappa shape index (κ3) is 2.13. The van der Waals surface area contributed by atoms with Crippen LogP contribution in [-0.2, 0) is 9.53 Å². The molecule has 1 amide bonds. The number of nitriles is 1.